The predicted octanol–water partition coefficient (Wildman–Crippen LogP) is 3.75. The largest absolute Gasteiger partial charge is 0.486 e. The number of nitrogens with zero attached hydrogens (tertiary/aromatic N) is 2. The van der Waals surface area contributed by atoms with E-state index in [9.17, 15) is 0 Å². The van der Waals surface area contributed by atoms with Gasteiger partial charge in [-0.1, -0.05) is 32.0 Å². The van der Waals surface area contributed by atoms with E-state index in [1.165, 1.54) is 0 Å². The zero-order valence-corrected chi connectivity index (χ0v) is 13.0. The Morgan fingerprint density at radius 1 is 1.10 bits per heavy atom. The first-order chi connectivity index (χ1) is 10.2. The highest BCUT2D eigenvalue weighted by Gasteiger charge is 2.09. The number of aryl methyl sites for hydroxylation is 1. The lowest BCUT2D eigenvalue weighted by Crippen LogP contribution is -2.11. The van der Waals surface area contributed by atoms with Crippen LogP contribution < -0.4 is 10.1 Å². The maximum absolute atomic E-state index is 5.74. The summed E-state index contributed by atoms with van der Waals surface area (Å²) < 4.78 is 5.74. The summed E-state index contributed by atoms with van der Waals surface area (Å²) in [5.74, 6) is 2.48. The lowest BCUT2D eigenvalue weighted by molar-refractivity contribution is 0.295. The normalized spacial score (nSPS) is 10.4. The fourth-order valence-corrected chi connectivity index (χ4v) is 2.10. The molecule has 0 aliphatic carbocycles. The lowest BCUT2D eigenvalue weighted by Gasteiger charge is -2.13. The Morgan fingerprint density at radius 3 is 2.52 bits per heavy atom. The van der Waals surface area contributed by atoms with Gasteiger partial charge in [-0.2, -0.15) is 0 Å². The fraction of sp³-hybridized carbons (Fsp3) is 0.412. The maximum atomic E-state index is 5.74. The van der Waals surface area contributed by atoms with E-state index in [1.54, 1.807) is 0 Å². The third-order valence-electron chi connectivity index (χ3n) is 3.28. The van der Waals surface area contributed by atoms with Gasteiger partial charge in [-0.3, -0.25) is 0 Å². The maximum Gasteiger partial charge on any atom is 0.168 e. The van der Waals surface area contributed by atoms with Crippen LogP contribution in [0.3, 0.4) is 0 Å². The van der Waals surface area contributed by atoms with Crippen molar-refractivity contribution in [2.45, 2.75) is 40.2 Å². The molecule has 0 unspecified atom stereocenters. The van der Waals surface area contributed by atoms with Crippen LogP contribution in [-0.4, -0.2) is 16.5 Å². The van der Waals surface area contributed by atoms with Crippen molar-refractivity contribution in [3.05, 3.63) is 47.4 Å². The van der Waals surface area contributed by atoms with Gasteiger partial charge in [0.2, 0.25) is 0 Å². The van der Waals surface area contributed by atoms with Gasteiger partial charge in [-0.05, 0) is 31.9 Å². The van der Waals surface area contributed by atoms with E-state index >= 15 is 0 Å². The van der Waals surface area contributed by atoms with E-state index in [1.807, 2.05) is 30.3 Å². The topological polar surface area (TPSA) is 47.0 Å². The van der Waals surface area contributed by atoms with E-state index in [0.29, 0.717) is 6.61 Å². The third-order valence-corrected chi connectivity index (χ3v) is 3.28. The van der Waals surface area contributed by atoms with E-state index in [0.717, 1.165) is 48.0 Å². The molecule has 1 aromatic heterocycles. The van der Waals surface area contributed by atoms with Crippen LogP contribution >= 0.6 is 0 Å². The van der Waals surface area contributed by atoms with Crippen LogP contribution in [0.1, 0.15) is 37.4 Å². The highest BCUT2D eigenvalue weighted by Crippen LogP contribution is 2.17. The Bertz CT molecular complexity index is 570. The van der Waals surface area contributed by atoms with Crippen molar-refractivity contribution in [2.24, 2.45) is 0 Å². The van der Waals surface area contributed by atoms with Gasteiger partial charge >= 0.3 is 0 Å². The molecule has 0 amide bonds. The zero-order valence-electron chi connectivity index (χ0n) is 13.0. The molecule has 2 aromatic rings. The van der Waals surface area contributed by atoms with Crippen molar-refractivity contribution in [3.63, 3.8) is 0 Å². The predicted molar refractivity (Wildman–Crippen MR) is 85.7 cm³/mol. The molecule has 21 heavy (non-hydrogen) atoms. The third kappa shape index (κ3) is 4.18. The molecule has 1 heterocycles. The average molecular weight is 285 g/mol. The van der Waals surface area contributed by atoms with Crippen molar-refractivity contribution in [3.8, 4) is 5.75 Å². The number of ether oxygens (including phenoxy) is 1. The number of hydrogen-bond acceptors (Lipinski definition) is 4. The van der Waals surface area contributed by atoms with Crippen molar-refractivity contribution in [2.75, 3.05) is 11.9 Å². The van der Waals surface area contributed by atoms with E-state index in [4.69, 9.17) is 4.74 Å². The fourth-order valence-electron chi connectivity index (χ4n) is 2.10. The van der Waals surface area contributed by atoms with Gasteiger partial charge in [0.1, 0.15) is 18.2 Å². The summed E-state index contributed by atoms with van der Waals surface area (Å²) in [6.45, 7) is 7.63. The molecule has 4 nitrogen and oxygen atoms in total. The van der Waals surface area contributed by atoms with Crippen LogP contribution in [0.4, 0.5) is 5.82 Å². The molecule has 0 bridgehead atoms. The number of nitrogens with one attached hydrogen (secondary N) is 1. The van der Waals surface area contributed by atoms with Crippen molar-refractivity contribution in [1.82, 2.24) is 9.97 Å². The Balaban J connectivity index is 2.14. The lowest BCUT2D eigenvalue weighted by atomic mass is 10.2. The second-order valence-electron chi connectivity index (χ2n) is 4.94. The van der Waals surface area contributed by atoms with Gasteiger partial charge in [-0.25, -0.2) is 9.97 Å². The molecular formula is C17H23N3O. The minimum Gasteiger partial charge on any atom is -0.486 e. The van der Waals surface area contributed by atoms with Crippen LogP contribution in [0, 0.1) is 6.92 Å². The van der Waals surface area contributed by atoms with Crippen LogP contribution in [0.2, 0.25) is 0 Å². The molecule has 1 N–H and O–H groups in total. The molecule has 0 radical (unpaired) electrons. The van der Waals surface area contributed by atoms with Crippen LogP contribution in [0.25, 0.3) is 0 Å². The molecule has 112 valence electrons. The highest BCUT2D eigenvalue weighted by molar-refractivity contribution is 5.45. The first-order valence-electron chi connectivity index (χ1n) is 7.52. The molecule has 0 saturated carbocycles. The second kappa shape index (κ2) is 7.62. The Morgan fingerprint density at radius 2 is 1.86 bits per heavy atom. The molecule has 2 rings (SSSR count). The number of para-hydroxylation sites is 1. The summed E-state index contributed by atoms with van der Waals surface area (Å²) in [7, 11) is 0. The smallest absolute Gasteiger partial charge is 0.168 e. The second-order valence-corrected chi connectivity index (χ2v) is 4.94. The van der Waals surface area contributed by atoms with Gasteiger partial charge in [0, 0.05) is 17.8 Å². The minimum absolute atomic E-state index is 0.387. The summed E-state index contributed by atoms with van der Waals surface area (Å²) in [5.41, 5.74) is 2.21. The summed E-state index contributed by atoms with van der Waals surface area (Å²) in [6.07, 6.45) is 1.97. The van der Waals surface area contributed by atoms with Gasteiger partial charge in [-0.15, -0.1) is 0 Å². The molecule has 0 spiro atoms. The molecule has 0 saturated heterocycles. The Kier molecular flexibility index (Phi) is 5.55. The van der Waals surface area contributed by atoms with Crippen molar-refractivity contribution in [1.29, 1.82) is 0 Å². The standard InChI is InChI=1S/C17H23N3O/c1-4-11-18-17-13(3)15(5-2)19-16(20-17)12-21-14-9-7-6-8-10-14/h6-10H,4-5,11-12H2,1-3H3,(H,18,19,20). The minimum atomic E-state index is 0.387. The average Bonchev–Trinajstić information content (AvgIpc) is 2.53. The number of aromatic nitrogens is 2. The molecule has 0 fully saturated rings. The van der Waals surface area contributed by atoms with Gasteiger partial charge in [0.05, 0.1) is 0 Å². The summed E-state index contributed by atoms with van der Waals surface area (Å²) in [6, 6.07) is 9.75. The summed E-state index contributed by atoms with van der Waals surface area (Å²) in [4.78, 5) is 9.18. The number of hydrogen-bond donors (Lipinski definition) is 1. The molecule has 0 atom stereocenters. The quantitative estimate of drug-likeness (QED) is 0.841. The Hall–Kier alpha value is -2.10. The monoisotopic (exact) mass is 285 g/mol. The number of benzene rings is 1. The van der Waals surface area contributed by atoms with Gasteiger partial charge in [0.25, 0.3) is 0 Å². The van der Waals surface area contributed by atoms with Crippen molar-refractivity contribution >= 4 is 5.82 Å². The van der Waals surface area contributed by atoms with Crippen molar-refractivity contribution < 1.29 is 4.74 Å². The first-order valence-corrected chi connectivity index (χ1v) is 7.52. The van der Waals surface area contributed by atoms with E-state index < -0.39 is 0 Å². The highest BCUT2D eigenvalue weighted by atomic mass is 16.5. The molecular weight excluding hydrogens is 262 g/mol. The van der Waals surface area contributed by atoms with Crippen LogP contribution in [-0.2, 0) is 13.0 Å². The summed E-state index contributed by atoms with van der Waals surface area (Å²) in [5, 5.41) is 3.37. The van der Waals surface area contributed by atoms with Crippen LogP contribution in [0.15, 0.2) is 30.3 Å². The molecule has 0 aliphatic heterocycles. The molecule has 4 heteroatoms. The molecule has 0 aliphatic rings. The van der Waals surface area contributed by atoms with Gasteiger partial charge < -0.3 is 10.1 Å². The van der Waals surface area contributed by atoms with Crippen LogP contribution in [0.5, 0.6) is 5.75 Å². The van der Waals surface area contributed by atoms with Gasteiger partial charge in [0.15, 0.2) is 5.82 Å². The first kappa shape index (κ1) is 15.3. The number of anilines is 1. The van der Waals surface area contributed by atoms with E-state index in [2.05, 4.69) is 36.1 Å². The van der Waals surface area contributed by atoms with E-state index in [-0.39, 0.29) is 0 Å². The Labute approximate surface area is 126 Å². The summed E-state index contributed by atoms with van der Waals surface area (Å²) >= 11 is 0. The zero-order chi connectivity index (χ0) is 15.1. The SMILES string of the molecule is CCCNc1nc(COc2ccccc2)nc(CC)c1C. The molecule has 1 aromatic carbocycles. The number of rotatable bonds is 7.